The first kappa shape index (κ1) is 18.9. The van der Waals surface area contributed by atoms with E-state index in [2.05, 4.69) is 5.32 Å². The Morgan fingerprint density at radius 2 is 1.95 bits per heavy atom. The number of halogens is 1. The third kappa shape index (κ3) is 5.26. The van der Waals surface area contributed by atoms with Crippen molar-refractivity contribution in [2.24, 2.45) is 0 Å². The fraction of sp³-hybridized carbons (Fsp3) is 0.533. The second kappa shape index (κ2) is 7.94. The van der Waals surface area contributed by atoms with Crippen LogP contribution in [0.25, 0.3) is 0 Å². The summed E-state index contributed by atoms with van der Waals surface area (Å²) < 4.78 is 22.5. The van der Waals surface area contributed by atoms with E-state index in [0.717, 1.165) is 25.9 Å². The van der Waals surface area contributed by atoms with E-state index in [1.165, 1.54) is 6.26 Å². The molecule has 0 bridgehead atoms. The summed E-state index contributed by atoms with van der Waals surface area (Å²) in [5.74, 6) is 0.0216. The lowest BCUT2D eigenvalue weighted by Crippen LogP contribution is -2.46. The highest BCUT2D eigenvalue weighted by Gasteiger charge is 2.23. The van der Waals surface area contributed by atoms with Gasteiger partial charge in [-0.1, -0.05) is 12.1 Å². The first-order valence-electron chi connectivity index (χ1n) is 7.12. The van der Waals surface area contributed by atoms with Crippen molar-refractivity contribution in [2.45, 2.75) is 24.6 Å². The molecule has 2 rings (SSSR count). The van der Waals surface area contributed by atoms with Crippen molar-refractivity contribution < 1.29 is 13.2 Å². The highest BCUT2D eigenvalue weighted by molar-refractivity contribution is 7.89. The molecule has 1 aromatic rings. The zero-order chi connectivity index (χ0) is 15.5. The summed E-state index contributed by atoms with van der Waals surface area (Å²) >= 11 is 0. The van der Waals surface area contributed by atoms with Gasteiger partial charge in [-0.2, -0.15) is 0 Å². The third-order valence-electron chi connectivity index (χ3n) is 3.75. The van der Waals surface area contributed by atoms with Gasteiger partial charge >= 0.3 is 0 Å². The van der Waals surface area contributed by atoms with Crippen LogP contribution >= 0.6 is 12.4 Å². The van der Waals surface area contributed by atoms with Crippen LogP contribution in [0.15, 0.2) is 24.3 Å². The Kier molecular flexibility index (Phi) is 6.84. The predicted molar refractivity (Wildman–Crippen MR) is 90.2 cm³/mol. The number of amides is 1. The van der Waals surface area contributed by atoms with E-state index < -0.39 is 9.84 Å². The Bertz CT molecular complexity index is 602. The Morgan fingerprint density at radius 1 is 1.32 bits per heavy atom. The molecular formula is C15H23ClN2O3S. The number of benzene rings is 1. The summed E-state index contributed by atoms with van der Waals surface area (Å²) in [6.45, 7) is 1.50. The lowest BCUT2D eigenvalue weighted by Gasteiger charge is -2.32. The normalized spacial score (nSPS) is 18.6. The number of nitrogens with zero attached hydrogens (tertiary/aromatic N) is 1. The Labute approximate surface area is 138 Å². The van der Waals surface area contributed by atoms with Crippen LogP contribution in [-0.4, -0.2) is 51.7 Å². The van der Waals surface area contributed by atoms with E-state index in [9.17, 15) is 13.2 Å². The number of carbonyl (C=O) groups excluding carboxylic acids is 1. The molecule has 1 heterocycles. The van der Waals surface area contributed by atoms with Crippen LogP contribution in [0.3, 0.4) is 0 Å². The minimum absolute atomic E-state index is 0. The van der Waals surface area contributed by atoms with Gasteiger partial charge in [0.2, 0.25) is 0 Å². The summed E-state index contributed by atoms with van der Waals surface area (Å²) in [4.78, 5) is 14.3. The molecule has 0 saturated carbocycles. The number of hydrogen-bond donors (Lipinski definition) is 1. The quantitative estimate of drug-likeness (QED) is 0.896. The average molecular weight is 347 g/mol. The summed E-state index contributed by atoms with van der Waals surface area (Å²) in [6, 6.07) is 7.21. The van der Waals surface area contributed by atoms with Crippen molar-refractivity contribution in [3.63, 3.8) is 0 Å². The van der Waals surface area contributed by atoms with Crippen LogP contribution in [0.1, 0.15) is 28.8 Å². The molecule has 0 aromatic heterocycles. The van der Waals surface area contributed by atoms with E-state index in [4.69, 9.17) is 0 Å². The molecule has 5 nitrogen and oxygen atoms in total. The van der Waals surface area contributed by atoms with E-state index in [1.807, 2.05) is 11.9 Å². The van der Waals surface area contributed by atoms with Gasteiger partial charge in [0.1, 0.15) is 0 Å². The maximum atomic E-state index is 12.4. The van der Waals surface area contributed by atoms with Crippen molar-refractivity contribution in [3.05, 3.63) is 35.4 Å². The zero-order valence-electron chi connectivity index (χ0n) is 12.9. The Balaban J connectivity index is 0.00000242. The molecule has 1 atom stereocenters. The maximum absolute atomic E-state index is 12.4. The largest absolute Gasteiger partial charge is 0.337 e. The maximum Gasteiger partial charge on any atom is 0.253 e. The van der Waals surface area contributed by atoms with Crippen LogP contribution in [-0.2, 0) is 15.6 Å². The summed E-state index contributed by atoms with van der Waals surface area (Å²) in [5, 5.41) is 3.21. The molecule has 1 saturated heterocycles. The molecule has 0 aliphatic carbocycles. The number of hydrogen-bond acceptors (Lipinski definition) is 4. The van der Waals surface area contributed by atoms with Crippen LogP contribution in [0, 0.1) is 0 Å². The minimum Gasteiger partial charge on any atom is -0.337 e. The molecule has 22 heavy (non-hydrogen) atoms. The molecule has 7 heteroatoms. The monoisotopic (exact) mass is 346 g/mol. The number of likely N-dealkylation sites (N-methyl/N-ethyl adjacent to an activating group) is 1. The SMILES string of the molecule is CNC1CCCN(C(=O)c2ccc(CS(C)(=O)=O)cc2)C1.Cl. The summed E-state index contributed by atoms with van der Waals surface area (Å²) in [6.07, 6.45) is 3.30. The summed E-state index contributed by atoms with van der Waals surface area (Å²) in [7, 11) is -1.13. The Hall–Kier alpha value is -1.11. The third-order valence-corrected chi connectivity index (χ3v) is 4.60. The molecule has 1 N–H and O–H groups in total. The molecule has 1 fully saturated rings. The lowest BCUT2D eigenvalue weighted by atomic mass is 10.0. The first-order chi connectivity index (χ1) is 9.89. The average Bonchev–Trinajstić information content (AvgIpc) is 2.46. The highest BCUT2D eigenvalue weighted by Crippen LogP contribution is 2.15. The minimum atomic E-state index is -3.05. The van der Waals surface area contributed by atoms with Crippen molar-refractivity contribution in [1.82, 2.24) is 10.2 Å². The highest BCUT2D eigenvalue weighted by atomic mass is 35.5. The van der Waals surface area contributed by atoms with Crippen LogP contribution in [0.2, 0.25) is 0 Å². The molecule has 1 aliphatic rings. The fourth-order valence-corrected chi connectivity index (χ4v) is 3.42. The molecule has 124 valence electrons. The molecular weight excluding hydrogens is 324 g/mol. The molecule has 1 unspecified atom stereocenters. The van der Waals surface area contributed by atoms with E-state index in [0.29, 0.717) is 17.2 Å². The number of carbonyl (C=O) groups is 1. The second-order valence-corrected chi connectivity index (χ2v) is 7.79. The van der Waals surface area contributed by atoms with Crippen LogP contribution in [0.5, 0.6) is 0 Å². The van der Waals surface area contributed by atoms with Crippen molar-refractivity contribution >= 4 is 28.2 Å². The van der Waals surface area contributed by atoms with E-state index in [-0.39, 0.29) is 24.1 Å². The van der Waals surface area contributed by atoms with E-state index >= 15 is 0 Å². The van der Waals surface area contributed by atoms with Gasteiger partial charge in [0.15, 0.2) is 9.84 Å². The standard InChI is InChI=1S/C15H22N2O3S.ClH/c1-16-14-4-3-9-17(10-14)15(18)13-7-5-12(6-8-13)11-21(2,19)20;/h5-8,14,16H,3-4,9-11H2,1-2H3;1H. The number of rotatable bonds is 4. The van der Waals surface area contributed by atoms with Gasteiger partial charge in [0.25, 0.3) is 5.91 Å². The molecule has 1 amide bonds. The fourth-order valence-electron chi connectivity index (χ4n) is 2.63. The number of nitrogens with one attached hydrogen (secondary N) is 1. The molecule has 1 aliphatic heterocycles. The topological polar surface area (TPSA) is 66.5 Å². The predicted octanol–water partition coefficient (Wildman–Crippen LogP) is 1.48. The van der Waals surface area contributed by atoms with Crippen molar-refractivity contribution in [1.29, 1.82) is 0 Å². The smallest absolute Gasteiger partial charge is 0.253 e. The zero-order valence-corrected chi connectivity index (χ0v) is 14.5. The number of sulfone groups is 1. The van der Waals surface area contributed by atoms with Gasteiger partial charge in [-0.3, -0.25) is 4.79 Å². The second-order valence-electron chi connectivity index (χ2n) is 5.65. The van der Waals surface area contributed by atoms with E-state index in [1.54, 1.807) is 24.3 Å². The number of piperidine rings is 1. The van der Waals surface area contributed by atoms with Gasteiger partial charge < -0.3 is 10.2 Å². The van der Waals surface area contributed by atoms with Crippen LogP contribution in [0.4, 0.5) is 0 Å². The Morgan fingerprint density at radius 3 is 2.50 bits per heavy atom. The van der Waals surface area contributed by atoms with Gasteiger partial charge in [-0.05, 0) is 37.6 Å². The lowest BCUT2D eigenvalue weighted by molar-refractivity contribution is 0.0698. The number of likely N-dealkylation sites (tertiary alicyclic amines) is 1. The molecule has 0 spiro atoms. The summed E-state index contributed by atoms with van der Waals surface area (Å²) in [5.41, 5.74) is 1.32. The van der Waals surface area contributed by atoms with Gasteiger partial charge in [0, 0.05) is 31.0 Å². The first-order valence-corrected chi connectivity index (χ1v) is 9.18. The van der Waals surface area contributed by atoms with Gasteiger partial charge in [0.05, 0.1) is 5.75 Å². The van der Waals surface area contributed by atoms with Crippen molar-refractivity contribution in [2.75, 3.05) is 26.4 Å². The van der Waals surface area contributed by atoms with Gasteiger partial charge in [-0.25, -0.2) is 8.42 Å². The van der Waals surface area contributed by atoms with Gasteiger partial charge in [-0.15, -0.1) is 12.4 Å². The molecule has 1 aromatic carbocycles. The molecule has 0 radical (unpaired) electrons. The van der Waals surface area contributed by atoms with Crippen LogP contribution < -0.4 is 5.32 Å². The van der Waals surface area contributed by atoms with Crippen molar-refractivity contribution in [3.8, 4) is 0 Å².